The van der Waals surface area contributed by atoms with E-state index in [0.29, 0.717) is 6.04 Å². The van der Waals surface area contributed by atoms with Gasteiger partial charge >= 0.3 is 0 Å². The van der Waals surface area contributed by atoms with Crippen molar-refractivity contribution in [3.8, 4) is 11.3 Å². The highest BCUT2D eigenvalue weighted by Gasteiger charge is 2.19. The normalized spacial score (nSPS) is 14.8. The molecule has 3 heteroatoms. The van der Waals surface area contributed by atoms with Crippen LogP contribution < -0.4 is 4.90 Å². The van der Waals surface area contributed by atoms with E-state index < -0.39 is 0 Å². The van der Waals surface area contributed by atoms with E-state index in [2.05, 4.69) is 52.7 Å². The van der Waals surface area contributed by atoms with Gasteiger partial charge in [-0.1, -0.05) is 6.07 Å². The summed E-state index contributed by atoms with van der Waals surface area (Å²) in [5, 5.41) is 0. The van der Waals surface area contributed by atoms with Crippen molar-refractivity contribution in [2.75, 3.05) is 11.4 Å². The number of rotatable bonds is 2. The molecular formula is C17H23N3. The molecule has 0 amide bonds. The van der Waals surface area contributed by atoms with Crippen molar-refractivity contribution in [1.82, 2.24) is 9.55 Å². The molecule has 3 nitrogen and oxygen atoms in total. The molecule has 0 unspecified atom stereocenters. The van der Waals surface area contributed by atoms with Gasteiger partial charge in [0.1, 0.15) is 5.82 Å². The van der Waals surface area contributed by atoms with Crippen molar-refractivity contribution < 1.29 is 0 Å². The molecule has 2 aromatic rings. The Morgan fingerprint density at radius 3 is 2.70 bits per heavy atom. The number of imidazole rings is 1. The SMILES string of the molecule is Cc1nc(-c2ccc3c(c2)CCCN3C(C)C)cn1C. The van der Waals surface area contributed by atoms with Crippen LogP contribution in [-0.4, -0.2) is 22.1 Å². The summed E-state index contributed by atoms with van der Waals surface area (Å²) in [4.78, 5) is 7.14. The second-order valence-corrected chi connectivity index (χ2v) is 6.02. The van der Waals surface area contributed by atoms with Gasteiger partial charge in [0.05, 0.1) is 5.69 Å². The molecule has 0 aliphatic carbocycles. The lowest BCUT2D eigenvalue weighted by molar-refractivity contribution is 0.626. The van der Waals surface area contributed by atoms with Crippen LogP contribution in [0.25, 0.3) is 11.3 Å². The third-order valence-electron chi connectivity index (χ3n) is 4.26. The first-order valence-corrected chi connectivity index (χ1v) is 7.46. The lowest BCUT2D eigenvalue weighted by Gasteiger charge is -2.34. The van der Waals surface area contributed by atoms with Crippen molar-refractivity contribution >= 4 is 5.69 Å². The third-order valence-corrected chi connectivity index (χ3v) is 4.26. The van der Waals surface area contributed by atoms with E-state index in [1.165, 1.54) is 36.2 Å². The second-order valence-electron chi connectivity index (χ2n) is 6.02. The molecular weight excluding hydrogens is 246 g/mol. The minimum Gasteiger partial charge on any atom is -0.369 e. The zero-order chi connectivity index (χ0) is 14.3. The Labute approximate surface area is 121 Å². The monoisotopic (exact) mass is 269 g/mol. The molecule has 0 spiro atoms. The van der Waals surface area contributed by atoms with Crippen molar-refractivity contribution in [2.24, 2.45) is 7.05 Å². The average molecular weight is 269 g/mol. The summed E-state index contributed by atoms with van der Waals surface area (Å²) >= 11 is 0. The number of aryl methyl sites for hydroxylation is 3. The standard InChI is InChI=1S/C17H23N3/c1-12(2)20-9-5-6-15-10-14(7-8-17(15)20)16-11-19(4)13(3)18-16/h7-8,10-12H,5-6,9H2,1-4H3. The Hall–Kier alpha value is -1.77. The van der Waals surface area contributed by atoms with Crippen LogP contribution in [0.15, 0.2) is 24.4 Å². The lowest BCUT2D eigenvalue weighted by atomic mass is 9.97. The lowest BCUT2D eigenvalue weighted by Crippen LogP contribution is -2.35. The fourth-order valence-corrected chi connectivity index (χ4v) is 3.02. The Kier molecular flexibility index (Phi) is 3.28. The van der Waals surface area contributed by atoms with Crippen LogP contribution in [0, 0.1) is 6.92 Å². The fraction of sp³-hybridized carbons (Fsp3) is 0.471. The molecule has 20 heavy (non-hydrogen) atoms. The number of nitrogens with zero attached hydrogens (tertiary/aromatic N) is 3. The van der Waals surface area contributed by atoms with Crippen molar-refractivity contribution in [3.05, 3.63) is 35.8 Å². The molecule has 0 N–H and O–H groups in total. The molecule has 0 atom stereocenters. The van der Waals surface area contributed by atoms with Crippen LogP contribution in [0.3, 0.4) is 0 Å². The van der Waals surface area contributed by atoms with E-state index in [-0.39, 0.29) is 0 Å². The van der Waals surface area contributed by atoms with Gasteiger partial charge in [0.25, 0.3) is 0 Å². The molecule has 1 aliphatic heterocycles. The van der Waals surface area contributed by atoms with Gasteiger partial charge < -0.3 is 9.47 Å². The van der Waals surface area contributed by atoms with E-state index in [0.717, 1.165) is 11.5 Å². The Morgan fingerprint density at radius 1 is 1.25 bits per heavy atom. The highest BCUT2D eigenvalue weighted by molar-refractivity contribution is 5.67. The van der Waals surface area contributed by atoms with Crippen LogP contribution in [0.5, 0.6) is 0 Å². The Bertz CT molecular complexity index is 606. The summed E-state index contributed by atoms with van der Waals surface area (Å²) in [6.45, 7) is 7.76. The molecule has 3 rings (SSSR count). The summed E-state index contributed by atoms with van der Waals surface area (Å²) in [6, 6.07) is 7.37. The van der Waals surface area contributed by atoms with Crippen LogP contribution >= 0.6 is 0 Å². The second kappa shape index (κ2) is 4.97. The maximum Gasteiger partial charge on any atom is 0.105 e. The number of aromatic nitrogens is 2. The molecule has 2 heterocycles. The average Bonchev–Trinajstić information content (AvgIpc) is 2.77. The molecule has 106 valence electrons. The predicted molar refractivity (Wildman–Crippen MR) is 84.2 cm³/mol. The maximum absolute atomic E-state index is 4.63. The molecule has 1 aromatic carbocycles. The van der Waals surface area contributed by atoms with E-state index in [1.807, 2.05) is 14.0 Å². The smallest absolute Gasteiger partial charge is 0.105 e. The van der Waals surface area contributed by atoms with E-state index in [1.54, 1.807) is 0 Å². The highest BCUT2D eigenvalue weighted by Crippen LogP contribution is 2.32. The van der Waals surface area contributed by atoms with Crippen molar-refractivity contribution in [2.45, 2.75) is 39.7 Å². The number of benzene rings is 1. The largest absolute Gasteiger partial charge is 0.369 e. The summed E-state index contributed by atoms with van der Waals surface area (Å²) in [5.74, 6) is 1.06. The maximum atomic E-state index is 4.63. The summed E-state index contributed by atoms with van der Waals surface area (Å²) in [7, 11) is 2.05. The molecule has 0 saturated heterocycles. The fourth-order valence-electron chi connectivity index (χ4n) is 3.02. The van der Waals surface area contributed by atoms with Crippen molar-refractivity contribution in [1.29, 1.82) is 0 Å². The van der Waals surface area contributed by atoms with E-state index in [4.69, 9.17) is 0 Å². The van der Waals surface area contributed by atoms with Crippen LogP contribution in [0.1, 0.15) is 31.7 Å². The number of hydrogen-bond donors (Lipinski definition) is 0. The molecule has 1 aliphatic rings. The topological polar surface area (TPSA) is 21.1 Å². The van der Waals surface area contributed by atoms with Gasteiger partial charge in [-0.05, 0) is 51.3 Å². The Balaban J connectivity index is 2.01. The summed E-state index contributed by atoms with van der Waals surface area (Å²) in [6.07, 6.45) is 4.54. The minimum absolute atomic E-state index is 0.567. The van der Waals surface area contributed by atoms with Gasteiger partial charge in [-0.3, -0.25) is 0 Å². The van der Waals surface area contributed by atoms with Gasteiger partial charge in [-0.2, -0.15) is 0 Å². The number of hydrogen-bond acceptors (Lipinski definition) is 2. The van der Waals surface area contributed by atoms with E-state index >= 15 is 0 Å². The van der Waals surface area contributed by atoms with Gasteiger partial charge in [0, 0.05) is 37.1 Å². The van der Waals surface area contributed by atoms with Gasteiger partial charge in [-0.15, -0.1) is 0 Å². The van der Waals surface area contributed by atoms with Crippen LogP contribution in [0.4, 0.5) is 5.69 Å². The van der Waals surface area contributed by atoms with Crippen LogP contribution in [0.2, 0.25) is 0 Å². The van der Waals surface area contributed by atoms with Gasteiger partial charge in [-0.25, -0.2) is 4.98 Å². The molecule has 0 saturated carbocycles. The first-order valence-electron chi connectivity index (χ1n) is 7.46. The van der Waals surface area contributed by atoms with Gasteiger partial charge in [0.2, 0.25) is 0 Å². The number of fused-ring (bicyclic) bond motifs is 1. The summed E-state index contributed by atoms with van der Waals surface area (Å²) < 4.78 is 2.08. The quantitative estimate of drug-likeness (QED) is 0.831. The highest BCUT2D eigenvalue weighted by atomic mass is 15.2. The first-order chi connectivity index (χ1) is 9.56. The predicted octanol–water partition coefficient (Wildman–Crippen LogP) is 3.56. The molecule has 1 aromatic heterocycles. The zero-order valence-electron chi connectivity index (χ0n) is 12.8. The van der Waals surface area contributed by atoms with Gasteiger partial charge in [0.15, 0.2) is 0 Å². The number of anilines is 1. The van der Waals surface area contributed by atoms with Crippen molar-refractivity contribution in [3.63, 3.8) is 0 Å². The zero-order valence-corrected chi connectivity index (χ0v) is 12.8. The van der Waals surface area contributed by atoms with Crippen LogP contribution in [-0.2, 0) is 13.5 Å². The Morgan fingerprint density at radius 2 is 2.05 bits per heavy atom. The van der Waals surface area contributed by atoms with E-state index in [9.17, 15) is 0 Å². The summed E-state index contributed by atoms with van der Waals surface area (Å²) in [5.41, 5.74) is 5.18. The molecule has 0 radical (unpaired) electrons. The molecule has 0 fully saturated rings. The first kappa shape index (κ1) is 13.2. The molecule has 0 bridgehead atoms. The minimum atomic E-state index is 0.567. The third kappa shape index (κ3) is 2.21.